The van der Waals surface area contributed by atoms with Crippen molar-refractivity contribution in [2.75, 3.05) is 19.6 Å². The van der Waals surface area contributed by atoms with E-state index in [1.807, 2.05) is 0 Å². The van der Waals surface area contributed by atoms with Gasteiger partial charge in [0.15, 0.2) is 0 Å². The molecule has 1 heterocycles. The van der Waals surface area contributed by atoms with Crippen molar-refractivity contribution in [3.05, 3.63) is 35.4 Å². The Hall–Kier alpha value is -0.860. The quantitative estimate of drug-likeness (QED) is 0.842. The van der Waals surface area contributed by atoms with Crippen LogP contribution in [0, 0.1) is 5.92 Å². The molecule has 1 aromatic rings. The minimum atomic E-state index is 0.423. The van der Waals surface area contributed by atoms with Crippen LogP contribution in [0.2, 0.25) is 0 Å². The highest BCUT2D eigenvalue weighted by Crippen LogP contribution is 2.29. The van der Waals surface area contributed by atoms with Crippen molar-refractivity contribution in [2.24, 2.45) is 11.7 Å². The maximum absolute atomic E-state index is 5.94. The highest BCUT2D eigenvalue weighted by atomic mass is 15.2. The maximum atomic E-state index is 5.94. The van der Waals surface area contributed by atoms with E-state index < -0.39 is 0 Å². The lowest BCUT2D eigenvalue weighted by Gasteiger charge is -2.37. The Morgan fingerprint density at radius 1 is 1.38 bits per heavy atom. The van der Waals surface area contributed by atoms with E-state index >= 15 is 0 Å². The third kappa shape index (κ3) is 2.28. The van der Waals surface area contributed by atoms with Gasteiger partial charge in [0.25, 0.3) is 0 Å². The first kappa shape index (κ1) is 11.6. The van der Waals surface area contributed by atoms with Crippen molar-refractivity contribution in [1.29, 1.82) is 0 Å². The summed E-state index contributed by atoms with van der Waals surface area (Å²) >= 11 is 0. The van der Waals surface area contributed by atoms with Crippen LogP contribution in [0.4, 0.5) is 0 Å². The first-order valence-electron chi connectivity index (χ1n) is 6.24. The lowest BCUT2D eigenvalue weighted by atomic mass is 9.92. The average Bonchev–Trinajstić information content (AvgIpc) is 2.28. The highest BCUT2D eigenvalue weighted by molar-refractivity contribution is 5.32. The minimum absolute atomic E-state index is 0.423. The lowest BCUT2D eigenvalue weighted by Crippen LogP contribution is -2.41. The molecule has 2 rings (SSSR count). The second kappa shape index (κ2) is 4.98. The number of fused-ring (bicyclic) bond motifs is 1. The third-order valence-corrected chi connectivity index (χ3v) is 3.35. The largest absolute Gasteiger partial charge is 0.329 e. The number of hydrogen-bond acceptors (Lipinski definition) is 2. The Kier molecular flexibility index (Phi) is 3.62. The molecule has 0 bridgehead atoms. The molecule has 2 nitrogen and oxygen atoms in total. The van der Waals surface area contributed by atoms with Crippen LogP contribution in [0.25, 0.3) is 0 Å². The van der Waals surface area contributed by atoms with E-state index in [4.69, 9.17) is 5.73 Å². The van der Waals surface area contributed by atoms with Gasteiger partial charge < -0.3 is 5.73 Å². The maximum Gasteiger partial charge on any atom is 0.0473 e. The summed E-state index contributed by atoms with van der Waals surface area (Å²) in [6, 6.07) is 9.15. The van der Waals surface area contributed by atoms with Gasteiger partial charge in [-0.05, 0) is 23.5 Å². The van der Waals surface area contributed by atoms with Crippen LogP contribution in [-0.4, -0.2) is 24.5 Å². The van der Waals surface area contributed by atoms with Crippen molar-refractivity contribution < 1.29 is 0 Å². The first-order chi connectivity index (χ1) is 7.72. The van der Waals surface area contributed by atoms with Crippen molar-refractivity contribution in [3.8, 4) is 0 Å². The predicted molar refractivity (Wildman–Crippen MR) is 68.4 cm³/mol. The number of rotatable bonds is 3. The monoisotopic (exact) mass is 218 g/mol. The Morgan fingerprint density at radius 2 is 2.12 bits per heavy atom. The minimum Gasteiger partial charge on any atom is -0.329 e. The van der Waals surface area contributed by atoms with Gasteiger partial charge in [-0.2, -0.15) is 0 Å². The summed E-state index contributed by atoms with van der Waals surface area (Å²) in [6.07, 6.45) is 1.17. The van der Waals surface area contributed by atoms with Gasteiger partial charge in [-0.3, -0.25) is 4.90 Å². The number of hydrogen-bond donors (Lipinski definition) is 1. The van der Waals surface area contributed by atoms with Crippen LogP contribution >= 0.6 is 0 Å². The van der Waals surface area contributed by atoms with E-state index in [1.54, 1.807) is 0 Å². The second-order valence-electron chi connectivity index (χ2n) is 5.09. The predicted octanol–water partition coefficient (Wildman–Crippen LogP) is 2.20. The number of nitrogens with two attached hydrogens (primary N) is 1. The molecule has 0 radical (unpaired) electrons. The molecule has 0 saturated heterocycles. The molecule has 16 heavy (non-hydrogen) atoms. The SMILES string of the molecule is CC(C)CN1CCc2ccccc2C1CN. The van der Waals surface area contributed by atoms with Crippen LogP contribution in [0.5, 0.6) is 0 Å². The summed E-state index contributed by atoms with van der Waals surface area (Å²) in [5.41, 5.74) is 8.87. The molecule has 88 valence electrons. The van der Waals surface area contributed by atoms with E-state index in [9.17, 15) is 0 Å². The molecule has 0 saturated carbocycles. The molecular weight excluding hydrogens is 196 g/mol. The van der Waals surface area contributed by atoms with E-state index in [0.717, 1.165) is 19.6 Å². The zero-order valence-electron chi connectivity index (χ0n) is 10.3. The summed E-state index contributed by atoms with van der Waals surface area (Å²) in [5, 5.41) is 0. The van der Waals surface area contributed by atoms with Crippen molar-refractivity contribution in [2.45, 2.75) is 26.3 Å². The zero-order valence-corrected chi connectivity index (χ0v) is 10.3. The van der Waals surface area contributed by atoms with E-state index in [-0.39, 0.29) is 0 Å². The van der Waals surface area contributed by atoms with Gasteiger partial charge >= 0.3 is 0 Å². The zero-order chi connectivity index (χ0) is 11.5. The molecular formula is C14H22N2. The fourth-order valence-electron chi connectivity index (χ4n) is 2.67. The molecule has 1 atom stereocenters. The van der Waals surface area contributed by atoms with Crippen molar-refractivity contribution in [1.82, 2.24) is 4.90 Å². The molecule has 0 aliphatic carbocycles. The van der Waals surface area contributed by atoms with Gasteiger partial charge in [-0.25, -0.2) is 0 Å². The normalized spacial score (nSPS) is 21.1. The van der Waals surface area contributed by atoms with Crippen LogP contribution in [0.3, 0.4) is 0 Å². The smallest absolute Gasteiger partial charge is 0.0473 e. The Morgan fingerprint density at radius 3 is 2.81 bits per heavy atom. The fourth-order valence-corrected chi connectivity index (χ4v) is 2.67. The van der Waals surface area contributed by atoms with Gasteiger partial charge in [0.2, 0.25) is 0 Å². The molecule has 2 heteroatoms. The molecule has 0 fully saturated rings. The first-order valence-corrected chi connectivity index (χ1v) is 6.24. The standard InChI is InChI=1S/C14H22N2/c1-11(2)10-16-8-7-12-5-3-4-6-13(12)14(16)9-15/h3-6,11,14H,7-10,15H2,1-2H3. The van der Waals surface area contributed by atoms with Crippen LogP contribution in [0.15, 0.2) is 24.3 Å². The van der Waals surface area contributed by atoms with Crippen LogP contribution in [-0.2, 0) is 6.42 Å². The summed E-state index contributed by atoms with van der Waals surface area (Å²) in [5.74, 6) is 0.708. The van der Waals surface area contributed by atoms with Gasteiger partial charge in [-0.1, -0.05) is 38.1 Å². The molecule has 0 spiro atoms. The summed E-state index contributed by atoms with van der Waals surface area (Å²) in [4.78, 5) is 2.53. The second-order valence-corrected chi connectivity index (χ2v) is 5.09. The molecule has 0 aromatic heterocycles. The summed E-state index contributed by atoms with van der Waals surface area (Å²) in [7, 11) is 0. The third-order valence-electron chi connectivity index (χ3n) is 3.35. The highest BCUT2D eigenvalue weighted by Gasteiger charge is 2.25. The molecule has 1 unspecified atom stereocenters. The lowest BCUT2D eigenvalue weighted by molar-refractivity contribution is 0.169. The fraction of sp³-hybridized carbons (Fsp3) is 0.571. The van der Waals surface area contributed by atoms with Crippen molar-refractivity contribution in [3.63, 3.8) is 0 Å². The summed E-state index contributed by atoms with van der Waals surface area (Å²) in [6.45, 7) is 7.57. The number of benzene rings is 1. The Balaban J connectivity index is 2.23. The summed E-state index contributed by atoms with van der Waals surface area (Å²) < 4.78 is 0. The molecule has 1 aliphatic heterocycles. The number of nitrogens with zero attached hydrogens (tertiary/aromatic N) is 1. The molecule has 2 N–H and O–H groups in total. The molecule has 0 amide bonds. The van der Waals surface area contributed by atoms with Gasteiger partial charge in [0.1, 0.15) is 0 Å². The Bertz CT molecular complexity index is 346. The average molecular weight is 218 g/mol. The van der Waals surface area contributed by atoms with E-state index in [0.29, 0.717) is 12.0 Å². The van der Waals surface area contributed by atoms with E-state index in [2.05, 4.69) is 43.0 Å². The van der Waals surface area contributed by atoms with Gasteiger partial charge in [0.05, 0.1) is 0 Å². The van der Waals surface area contributed by atoms with Gasteiger partial charge in [0, 0.05) is 25.7 Å². The topological polar surface area (TPSA) is 29.3 Å². The molecule has 1 aliphatic rings. The van der Waals surface area contributed by atoms with E-state index in [1.165, 1.54) is 17.5 Å². The molecule has 1 aromatic carbocycles. The van der Waals surface area contributed by atoms with Crippen LogP contribution < -0.4 is 5.73 Å². The van der Waals surface area contributed by atoms with Gasteiger partial charge in [-0.15, -0.1) is 0 Å². The van der Waals surface area contributed by atoms with Crippen molar-refractivity contribution >= 4 is 0 Å². The Labute approximate surface area is 98.4 Å². The van der Waals surface area contributed by atoms with Crippen LogP contribution in [0.1, 0.15) is 31.0 Å².